The second kappa shape index (κ2) is 9.89. The van der Waals surface area contributed by atoms with Crippen LogP contribution in [0.15, 0.2) is 36.4 Å². The number of aromatic nitrogens is 3. The van der Waals surface area contributed by atoms with Gasteiger partial charge in [-0.1, -0.05) is 30.3 Å². The minimum Gasteiger partial charge on any atom is -0.496 e. The van der Waals surface area contributed by atoms with Crippen molar-refractivity contribution in [3.05, 3.63) is 53.6 Å². The maximum atomic E-state index is 12.2. The highest BCUT2D eigenvalue weighted by Crippen LogP contribution is 2.29. The number of rotatable bonds is 7. The van der Waals surface area contributed by atoms with E-state index in [1.165, 1.54) is 10.9 Å². The van der Waals surface area contributed by atoms with E-state index < -0.39 is 0 Å². The molecule has 2 aliphatic heterocycles. The summed E-state index contributed by atoms with van der Waals surface area (Å²) in [5, 5.41) is 14.2. The molecule has 174 valence electrons. The average molecular weight is 450 g/mol. The molecule has 0 saturated carbocycles. The molecule has 1 fully saturated rings. The highest BCUT2D eigenvalue weighted by atomic mass is 16.5. The Hall–Kier alpha value is -2.97. The first kappa shape index (κ1) is 21.9. The number of nitrogens with one attached hydrogen (secondary N) is 1. The summed E-state index contributed by atoms with van der Waals surface area (Å²) in [6, 6.07) is 12.7. The van der Waals surface area contributed by atoms with Crippen LogP contribution in [-0.4, -0.2) is 65.0 Å². The fourth-order valence-corrected chi connectivity index (χ4v) is 4.86. The molecule has 3 aromatic rings. The van der Waals surface area contributed by atoms with Crippen molar-refractivity contribution in [1.82, 2.24) is 25.0 Å². The van der Waals surface area contributed by atoms with Gasteiger partial charge in [0.15, 0.2) is 0 Å². The number of hydrogen-bond donors (Lipinski definition) is 1. The predicted octanol–water partition coefficient (Wildman–Crippen LogP) is 2.34. The van der Waals surface area contributed by atoms with Gasteiger partial charge >= 0.3 is 0 Å². The standard InChI is InChI=1S/C25H31N5O3/c1-32-21-9-8-18(19-5-2-3-6-20(19)21)17-29-13-11-24-28-27-23(30(24)15-14-29)10-12-26-25(31)22-7-4-16-33-22/h2-3,5-6,8-9,22H,4,7,10-17H2,1H3,(H,26,31). The van der Waals surface area contributed by atoms with Crippen molar-refractivity contribution in [3.8, 4) is 5.75 Å². The largest absolute Gasteiger partial charge is 0.496 e. The van der Waals surface area contributed by atoms with Gasteiger partial charge in [-0.3, -0.25) is 9.69 Å². The molecule has 1 unspecified atom stereocenters. The van der Waals surface area contributed by atoms with Gasteiger partial charge in [0.05, 0.1) is 7.11 Å². The molecule has 5 rings (SSSR count). The number of carbonyl (C=O) groups is 1. The third kappa shape index (κ3) is 4.72. The highest BCUT2D eigenvalue weighted by molar-refractivity contribution is 5.91. The fraction of sp³-hybridized carbons (Fsp3) is 0.480. The Balaban J connectivity index is 1.21. The zero-order valence-electron chi connectivity index (χ0n) is 19.1. The molecule has 33 heavy (non-hydrogen) atoms. The third-order valence-electron chi connectivity index (χ3n) is 6.65. The van der Waals surface area contributed by atoms with Gasteiger partial charge in [0.1, 0.15) is 23.5 Å². The van der Waals surface area contributed by atoms with Gasteiger partial charge in [0.25, 0.3) is 0 Å². The van der Waals surface area contributed by atoms with Crippen molar-refractivity contribution < 1.29 is 14.3 Å². The van der Waals surface area contributed by atoms with Crippen molar-refractivity contribution in [3.63, 3.8) is 0 Å². The molecule has 2 aromatic carbocycles. The number of ether oxygens (including phenoxy) is 2. The summed E-state index contributed by atoms with van der Waals surface area (Å²) < 4.78 is 13.2. The Morgan fingerprint density at radius 1 is 1.15 bits per heavy atom. The monoisotopic (exact) mass is 449 g/mol. The van der Waals surface area contributed by atoms with Crippen LogP contribution in [0.25, 0.3) is 10.8 Å². The van der Waals surface area contributed by atoms with Crippen molar-refractivity contribution in [2.45, 2.75) is 44.9 Å². The quantitative estimate of drug-likeness (QED) is 0.596. The number of methoxy groups -OCH3 is 1. The van der Waals surface area contributed by atoms with Crippen molar-refractivity contribution >= 4 is 16.7 Å². The van der Waals surface area contributed by atoms with Crippen LogP contribution in [-0.2, 0) is 35.5 Å². The number of benzene rings is 2. The van der Waals surface area contributed by atoms with Gasteiger partial charge in [0, 0.05) is 57.6 Å². The van der Waals surface area contributed by atoms with Gasteiger partial charge in [-0.05, 0) is 29.9 Å². The minimum absolute atomic E-state index is 0.0130. The minimum atomic E-state index is -0.289. The third-order valence-corrected chi connectivity index (χ3v) is 6.65. The number of amides is 1. The molecule has 1 saturated heterocycles. The first-order valence-corrected chi connectivity index (χ1v) is 11.8. The summed E-state index contributed by atoms with van der Waals surface area (Å²) in [6.07, 6.45) is 3.02. The first-order valence-electron chi connectivity index (χ1n) is 11.8. The van der Waals surface area contributed by atoms with E-state index in [9.17, 15) is 4.79 Å². The fourth-order valence-electron chi connectivity index (χ4n) is 4.86. The molecule has 2 aliphatic rings. The number of hydrogen-bond acceptors (Lipinski definition) is 6. The molecule has 1 amide bonds. The number of fused-ring (bicyclic) bond motifs is 2. The molecular formula is C25H31N5O3. The summed E-state index contributed by atoms with van der Waals surface area (Å²) >= 11 is 0. The van der Waals surface area contributed by atoms with Gasteiger partial charge in [-0.2, -0.15) is 0 Å². The van der Waals surface area contributed by atoms with Gasteiger partial charge in [-0.15, -0.1) is 10.2 Å². The molecular weight excluding hydrogens is 418 g/mol. The lowest BCUT2D eigenvalue weighted by Gasteiger charge is -2.21. The van der Waals surface area contributed by atoms with E-state index in [4.69, 9.17) is 9.47 Å². The van der Waals surface area contributed by atoms with E-state index in [0.29, 0.717) is 19.6 Å². The molecule has 0 aliphatic carbocycles. The maximum absolute atomic E-state index is 12.2. The average Bonchev–Trinajstić information content (AvgIpc) is 3.47. The zero-order valence-corrected chi connectivity index (χ0v) is 19.1. The van der Waals surface area contributed by atoms with Crippen LogP contribution < -0.4 is 10.1 Å². The van der Waals surface area contributed by atoms with Gasteiger partial charge < -0.3 is 19.4 Å². The van der Waals surface area contributed by atoms with Crippen LogP contribution in [0.3, 0.4) is 0 Å². The summed E-state index contributed by atoms with van der Waals surface area (Å²) in [4.78, 5) is 14.7. The van der Waals surface area contributed by atoms with Crippen LogP contribution in [0, 0.1) is 0 Å². The van der Waals surface area contributed by atoms with Crippen molar-refractivity contribution in [1.29, 1.82) is 0 Å². The summed E-state index contributed by atoms with van der Waals surface area (Å²) in [5.41, 5.74) is 1.31. The normalized spacial score (nSPS) is 18.8. The Morgan fingerprint density at radius 3 is 2.85 bits per heavy atom. The number of carbonyl (C=O) groups excluding carboxylic acids is 1. The summed E-state index contributed by atoms with van der Waals surface area (Å²) in [5.74, 6) is 2.86. The lowest BCUT2D eigenvalue weighted by atomic mass is 10.0. The van der Waals surface area contributed by atoms with Crippen LogP contribution in [0.5, 0.6) is 5.75 Å². The molecule has 1 aromatic heterocycles. The van der Waals surface area contributed by atoms with Crippen molar-refractivity contribution in [2.24, 2.45) is 0 Å². The van der Waals surface area contributed by atoms with E-state index in [1.54, 1.807) is 7.11 Å². The lowest BCUT2D eigenvalue weighted by Crippen LogP contribution is -2.35. The predicted molar refractivity (Wildman–Crippen MR) is 125 cm³/mol. The Kier molecular flexibility index (Phi) is 6.55. The second-order valence-electron chi connectivity index (χ2n) is 8.73. The SMILES string of the molecule is COc1ccc(CN2CCc3nnc(CCNC(=O)C4CCCO4)n3CC2)c2ccccc12. The van der Waals surface area contributed by atoms with E-state index in [2.05, 4.69) is 61.4 Å². The second-order valence-corrected chi connectivity index (χ2v) is 8.73. The van der Waals surface area contributed by atoms with Gasteiger partial charge in [0.2, 0.25) is 5.91 Å². The summed E-state index contributed by atoms with van der Waals surface area (Å²) in [6.45, 7) is 4.84. The van der Waals surface area contributed by atoms with E-state index >= 15 is 0 Å². The molecule has 3 heterocycles. The van der Waals surface area contributed by atoms with Crippen LogP contribution in [0.1, 0.15) is 30.1 Å². The van der Waals surface area contributed by atoms with E-state index in [0.717, 1.165) is 68.2 Å². The van der Waals surface area contributed by atoms with Crippen LogP contribution >= 0.6 is 0 Å². The van der Waals surface area contributed by atoms with Crippen LogP contribution in [0.4, 0.5) is 0 Å². The Bertz CT molecular complexity index is 1120. The molecule has 0 spiro atoms. The number of nitrogens with zero attached hydrogens (tertiary/aromatic N) is 4. The highest BCUT2D eigenvalue weighted by Gasteiger charge is 2.24. The molecule has 1 N–H and O–H groups in total. The van der Waals surface area contributed by atoms with E-state index in [1.807, 2.05) is 0 Å². The van der Waals surface area contributed by atoms with E-state index in [-0.39, 0.29) is 12.0 Å². The Morgan fingerprint density at radius 2 is 2.03 bits per heavy atom. The molecule has 8 nitrogen and oxygen atoms in total. The van der Waals surface area contributed by atoms with Gasteiger partial charge in [-0.25, -0.2) is 0 Å². The lowest BCUT2D eigenvalue weighted by molar-refractivity contribution is -0.130. The topological polar surface area (TPSA) is 81.5 Å². The summed E-state index contributed by atoms with van der Waals surface area (Å²) in [7, 11) is 1.72. The molecule has 0 bridgehead atoms. The van der Waals surface area contributed by atoms with Crippen molar-refractivity contribution in [2.75, 3.05) is 33.4 Å². The zero-order chi connectivity index (χ0) is 22.6. The molecule has 8 heteroatoms. The van der Waals surface area contributed by atoms with Crippen LogP contribution in [0.2, 0.25) is 0 Å². The smallest absolute Gasteiger partial charge is 0.249 e. The molecule has 0 radical (unpaired) electrons. The maximum Gasteiger partial charge on any atom is 0.249 e. The molecule has 1 atom stereocenters. The first-order chi connectivity index (χ1) is 16.2. The Labute approximate surface area is 193 Å².